The van der Waals surface area contributed by atoms with Gasteiger partial charge in [0.05, 0.1) is 18.3 Å². The van der Waals surface area contributed by atoms with Crippen LogP contribution in [0.4, 0.5) is 0 Å². The third-order valence-corrected chi connectivity index (χ3v) is 17.5. The number of hydrogen-bond donors (Lipinski definition) is 2. The molecule has 1 fully saturated rings. The number of aliphatic hydroxyl groups is 2. The smallest absolute Gasteiger partial charge is 0.192 e. The number of hydrogen-bond acceptors (Lipinski definition) is 4. The molecule has 1 aliphatic carbocycles. The minimum atomic E-state index is -1.97. The van der Waals surface area contributed by atoms with Gasteiger partial charge in [0.25, 0.3) is 0 Å². The Labute approximate surface area is 207 Å². The van der Waals surface area contributed by atoms with Crippen molar-refractivity contribution in [3.8, 4) is 0 Å². The summed E-state index contributed by atoms with van der Waals surface area (Å²) in [5.74, 6) is 0.361. The van der Waals surface area contributed by atoms with E-state index >= 15 is 0 Å². The third-order valence-electron chi connectivity index (χ3n) is 8.49. The van der Waals surface area contributed by atoms with Gasteiger partial charge in [-0.25, -0.2) is 0 Å². The van der Waals surface area contributed by atoms with E-state index in [1.54, 1.807) is 0 Å². The Morgan fingerprint density at radius 2 is 1.42 bits per heavy atom. The van der Waals surface area contributed by atoms with Crippen LogP contribution in [0.1, 0.15) is 87.0 Å². The van der Waals surface area contributed by atoms with Crippen molar-refractivity contribution < 1.29 is 19.1 Å². The maximum Gasteiger partial charge on any atom is 0.192 e. The molecular formula is C27H56O4Si2. The van der Waals surface area contributed by atoms with E-state index in [1.807, 2.05) is 6.08 Å². The summed E-state index contributed by atoms with van der Waals surface area (Å²) in [6.07, 6.45) is 9.66. The Balaban J connectivity index is 3.23. The van der Waals surface area contributed by atoms with Gasteiger partial charge in [0.2, 0.25) is 0 Å². The Hall–Kier alpha value is 0.0138. The maximum atomic E-state index is 10.6. The second kappa shape index (κ2) is 12.3. The first-order chi connectivity index (χ1) is 15.0. The van der Waals surface area contributed by atoms with Gasteiger partial charge in [-0.05, 0) is 61.4 Å². The predicted molar refractivity (Wildman–Crippen MR) is 147 cm³/mol. The molecule has 6 heteroatoms. The van der Waals surface area contributed by atoms with Crippen molar-refractivity contribution in [3.63, 3.8) is 0 Å². The minimum absolute atomic E-state index is 0.0660. The fraction of sp³-hybridized carbons (Fsp3) is 0.926. The Kier molecular flexibility index (Phi) is 11.6. The summed E-state index contributed by atoms with van der Waals surface area (Å²) in [5, 5.41) is 20.8. The van der Waals surface area contributed by atoms with Gasteiger partial charge >= 0.3 is 0 Å². The van der Waals surface area contributed by atoms with E-state index in [4.69, 9.17) is 8.85 Å². The highest BCUT2D eigenvalue weighted by Crippen LogP contribution is 2.47. The zero-order chi connectivity index (χ0) is 25.7. The van der Waals surface area contributed by atoms with Crippen LogP contribution in [-0.2, 0) is 8.85 Å². The second-order valence-corrected chi connectivity index (χ2v) is 22.8. The van der Waals surface area contributed by atoms with Crippen LogP contribution < -0.4 is 0 Å². The second-order valence-electron chi connectivity index (χ2n) is 13.3. The van der Waals surface area contributed by atoms with E-state index in [0.717, 1.165) is 32.1 Å². The minimum Gasteiger partial charge on any atom is -0.414 e. The van der Waals surface area contributed by atoms with Gasteiger partial charge < -0.3 is 19.1 Å². The van der Waals surface area contributed by atoms with Crippen LogP contribution in [0.15, 0.2) is 12.2 Å². The summed E-state index contributed by atoms with van der Waals surface area (Å²) >= 11 is 0. The first kappa shape index (κ1) is 31.0. The summed E-state index contributed by atoms with van der Waals surface area (Å²) in [7, 11) is -3.94. The molecule has 0 unspecified atom stereocenters. The average molecular weight is 501 g/mol. The highest BCUT2D eigenvalue weighted by Gasteiger charge is 2.50. The van der Waals surface area contributed by atoms with Gasteiger partial charge in [0.1, 0.15) is 0 Å². The summed E-state index contributed by atoms with van der Waals surface area (Å²) in [6, 6.07) is 0. The zero-order valence-corrected chi connectivity index (χ0v) is 25.7. The van der Waals surface area contributed by atoms with E-state index in [9.17, 15) is 10.2 Å². The van der Waals surface area contributed by atoms with Gasteiger partial charge in [-0.3, -0.25) is 0 Å². The van der Waals surface area contributed by atoms with Gasteiger partial charge in [-0.2, -0.15) is 0 Å². The van der Waals surface area contributed by atoms with Crippen LogP contribution >= 0.6 is 0 Å². The van der Waals surface area contributed by atoms with Crippen LogP contribution in [-0.4, -0.2) is 51.8 Å². The Morgan fingerprint density at radius 1 is 0.909 bits per heavy atom. The van der Waals surface area contributed by atoms with Gasteiger partial charge in [0, 0.05) is 12.5 Å². The molecule has 1 aliphatic rings. The molecule has 1 saturated carbocycles. The highest BCUT2D eigenvalue weighted by molar-refractivity contribution is 6.74. The lowest BCUT2D eigenvalue weighted by molar-refractivity contribution is 0.111. The number of aliphatic hydroxyl groups excluding tert-OH is 2. The molecule has 0 radical (unpaired) electrons. The molecule has 0 aromatic heterocycles. The van der Waals surface area contributed by atoms with Crippen LogP contribution in [0.3, 0.4) is 0 Å². The van der Waals surface area contributed by atoms with Gasteiger partial charge in [0.15, 0.2) is 16.6 Å². The molecule has 4 nitrogen and oxygen atoms in total. The average Bonchev–Trinajstić information content (AvgIpc) is 2.93. The van der Waals surface area contributed by atoms with E-state index in [0.29, 0.717) is 6.42 Å². The van der Waals surface area contributed by atoms with Gasteiger partial charge in [-0.1, -0.05) is 79.9 Å². The molecule has 33 heavy (non-hydrogen) atoms. The Bertz CT molecular complexity index is 604. The molecule has 0 spiro atoms. The molecule has 0 aromatic rings. The molecule has 0 aliphatic heterocycles. The van der Waals surface area contributed by atoms with Crippen molar-refractivity contribution in [1.82, 2.24) is 0 Å². The molecule has 0 aromatic carbocycles. The Morgan fingerprint density at radius 3 is 1.88 bits per heavy atom. The molecule has 1 rings (SSSR count). The molecule has 5 atom stereocenters. The number of rotatable bonds is 12. The highest BCUT2D eigenvalue weighted by atomic mass is 28.4. The topological polar surface area (TPSA) is 58.9 Å². The van der Waals surface area contributed by atoms with E-state index in [2.05, 4.69) is 80.7 Å². The summed E-state index contributed by atoms with van der Waals surface area (Å²) in [6.45, 7) is 25.3. The number of unbranched alkanes of at least 4 members (excludes halogenated alkanes) is 2. The summed E-state index contributed by atoms with van der Waals surface area (Å²) in [4.78, 5) is 0. The molecule has 0 amide bonds. The SMILES string of the molecule is CCCCC[C@@H](O)/C=C/[C@@H]1[C@H](CCO)[C@@H](O[Si](C)(C)C(C)(C)C)C[C@H]1O[Si](C)(C)C(C)(C)C. The molecule has 196 valence electrons. The van der Waals surface area contributed by atoms with E-state index < -0.39 is 22.7 Å². The van der Waals surface area contributed by atoms with Crippen molar-refractivity contribution in [2.45, 2.75) is 142 Å². The van der Waals surface area contributed by atoms with Crippen LogP contribution in [0, 0.1) is 11.8 Å². The molecule has 2 N–H and O–H groups in total. The van der Waals surface area contributed by atoms with Gasteiger partial charge in [-0.15, -0.1) is 0 Å². The predicted octanol–water partition coefficient (Wildman–Crippen LogP) is 7.28. The lowest BCUT2D eigenvalue weighted by Crippen LogP contribution is -2.45. The lowest BCUT2D eigenvalue weighted by Gasteiger charge is -2.40. The molecular weight excluding hydrogens is 444 g/mol. The van der Waals surface area contributed by atoms with Crippen molar-refractivity contribution >= 4 is 16.6 Å². The third kappa shape index (κ3) is 8.87. The first-order valence-electron chi connectivity index (χ1n) is 13.3. The summed E-state index contributed by atoms with van der Waals surface area (Å²) < 4.78 is 13.9. The molecule has 0 heterocycles. The van der Waals surface area contributed by atoms with Crippen molar-refractivity contribution in [2.75, 3.05) is 6.61 Å². The van der Waals surface area contributed by atoms with E-state index in [-0.39, 0.29) is 40.7 Å². The van der Waals surface area contributed by atoms with Crippen LogP contribution in [0.5, 0.6) is 0 Å². The monoisotopic (exact) mass is 500 g/mol. The fourth-order valence-corrected chi connectivity index (χ4v) is 6.95. The van der Waals surface area contributed by atoms with E-state index in [1.165, 1.54) is 0 Å². The standard InChI is InChI=1S/C27H56O4Si2/c1-12-13-14-15-21(29)16-17-22-23(18-19-28)25(31-33(10,11)27(5,6)7)20-24(22)30-32(8,9)26(2,3)4/h16-17,21-25,28-29H,12-15,18-20H2,1-11H3/b17-16+/t21-,22-,23+,24-,25+/m1/s1. The lowest BCUT2D eigenvalue weighted by atomic mass is 9.90. The van der Waals surface area contributed by atoms with Crippen molar-refractivity contribution in [1.29, 1.82) is 0 Å². The largest absolute Gasteiger partial charge is 0.414 e. The molecule has 0 saturated heterocycles. The molecule has 0 bridgehead atoms. The normalized spacial score (nSPS) is 26.3. The quantitative estimate of drug-likeness (QED) is 0.168. The van der Waals surface area contributed by atoms with Crippen molar-refractivity contribution in [3.05, 3.63) is 12.2 Å². The van der Waals surface area contributed by atoms with Crippen LogP contribution in [0.25, 0.3) is 0 Å². The first-order valence-corrected chi connectivity index (χ1v) is 19.1. The van der Waals surface area contributed by atoms with Crippen LogP contribution in [0.2, 0.25) is 36.3 Å². The zero-order valence-electron chi connectivity index (χ0n) is 23.7. The summed E-state index contributed by atoms with van der Waals surface area (Å²) in [5.41, 5.74) is 0. The maximum absolute atomic E-state index is 10.6. The van der Waals surface area contributed by atoms with Crippen molar-refractivity contribution in [2.24, 2.45) is 11.8 Å². The fourth-order valence-electron chi connectivity index (χ4n) is 4.21.